The summed E-state index contributed by atoms with van der Waals surface area (Å²) in [7, 11) is 0. The SMILES string of the molecule is Cc1nc2ccccc2c(C)c1C(=O)Nc1cccc([N+](=O)[O-])c1. The lowest BCUT2D eigenvalue weighted by atomic mass is 10.0. The summed E-state index contributed by atoms with van der Waals surface area (Å²) in [5, 5.41) is 14.5. The Balaban J connectivity index is 2.00. The summed E-state index contributed by atoms with van der Waals surface area (Å²) in [6.07, 6.45) is 0. The Hall–Kier alpha value is -3.28. The highest BCUT2D eigenvalue weighted by Gasteiger charge is 2.17. The van der Waals surface area contributed by atoms with Crippen LogP contribution in [-0.2, 0) is 0 Å². The molecule has 0 saturated heterocycles. The number of nitro benzene ring substituents is 1. The fourth-order valence-corrected chi connectivity index (χ4v) is 2.76. The molecule has 24 heavy (non-hydrogen) atoms. The van der Waals surface area contributed by atoms with Crippen molar-refractivity contribution in [2.75, 3.05) is 5.32 Å². The van der Waals surface area contributed by atoms with Crippen LogP contribution in [0.3, 0.4) is 0 Å². The summed E-state index contributed by atoms with van der Waals surface area (Å²) < 4.78 is 0. The van der Waals surface area contributed by atoms with E-state index in [1.807, 2.05) is 31.2 Å². The quantitative estimate of drug-likeness (QED) is 0.583. The first-order chi connectivity index (χ1) is 11.5. The number of fused-ring (bicyclic) bond motifs is 1. The molecule has 6 heteroatoms. The predicted octanol–water partition coefficient (Wildman–Crippen LogP) is 4.01. The molecule has 0 aliphatic heterocycles. The van der Waals surface area contributed by atoms with Crippen LogP contribution < -0.4 is 5.32 Å². The first kappa shape index (κ1) is 15.6. The van der Waals surface area contributed by atoms with E-state index in [9.17, 15) is 14.9 Å². The molecule has 1 aromatic heterocycles. The van der Waals surface area contributed by atoms with Crippen molar-refractivity contribution in [3.05, 3.63) is 75.5 Å². The second-order valence-electron chi connectivity index (χ2n) is 5.48. The van der Waals surface area contributed by atoms with Crippen molar-refractivity contribution in [3.8, 4) is 0 Å². The molecule has 0 saturated carbocycles. The highest BCUT2D eigenvalue weighted by Crippen LogP contribution is 2.24. The third-order valence-corrected chi connectivity index (χ3v) is 3.87. The number of nitrogens with zero attached hydrogens (tertiary/aromatic N) is 2. The van der Waals surface area contributed by atoms with Gasteiger partial charge in [0.2, 0.25) is 0 Å². The van der Waals surface area contributed by atoms with Gasteiger partial charge in [-0.1, -0.05) is 24.3 Å². The van der Waals surface area contributed by atoms with Gasteiger partial charge in [-0.3, -0.25) is 19.9 Å². The van der Waals surface area contributed by atoms with Gasteiger partial charge < -0.3 is 5.32 Å². The van der Waals surface area contributed by atoms with Gasteiger partial charge in [0.05, 0.1) is 21.7 Å². The van der Waals surface area contributed by atoms with E-state index in [0.29, 0.717) is 16.9 Å². The number of carbonyl (C=O) groups is 1. The van der Waals surface area contributed by atoms with Gasteiger partial charge in [0.25, 0.3) is 11.6 Å². The minimum absolute atomic E-state index is 0.0714. The van der Waals surface area contributed by atoms with E-state index in [4.69, 9.17) is 0 Å². The second-order valence-corrected chi connectivity index (χ2v) is 5.48. The van der Waals surface area contributed by atoms with Crippen LogP contribution in [0.5, 0.6) is 0 Å². The Morgan fingerprint density at radius 3 is 2.62 bits per heavy atom. The molecular weight excluding hydrogens is 306 g/mol. The summed E-state index contributed by atoms with van der Waals surface area (Å²) in [6, 6.07) is 13.5. The van der Waals surface area contributed by atoms with Crippen LogP contribution in [0, 0.1) is 24.0 Å². The second kappa shape index (κ2) is 6.08. The van der Waals surface area contributed by atoms with Crippen molar-refractivity contribution in [1.29, 1.82) is 0 Å². The van der Waals surface area contributed by atoms with Crippen molar-refractivity contribution < 1.29 is 9.72 Å². The van der Waals surface area contributed by atoms with E-state index in [-0.39, 0.29) is 11.6 Å². The number of non-ortho nitro benzene ring substituents is 1. The zero-order chi connectivity index (χ0) is 17.3. The lowest BCUT2D eigenvalue weighted by Gasteiger charge is -2.12. The first-order valence-corrected chi connectivity index (χ1v) is 7.39. The van der Waals surface area contributed by atoms with Crippen LogP contribution in [0.1, 0.15) is 21.6 Å². The summed E-state index contributed by atoms with van der Waals surface area (Å²) in [4.78, 5) is 27.5. The van der Waals surface area contributed by atoms with Crippen molar-refractivity contribution in [2.24, 2.45) is 0 Å². The van der Waals surface area contributed by atoms with Crippen LogP contribution in [-0.4, -0.2) is 15.8 Å². The summed E-state index contributed by atoms with van der Waals surface area (Å²) in [5.41, 5.74) is 3.08. The van der Waals surface area contributed by atoms with Gasteiger partial charge >= 0.3 is 0 Å². The average Bonchev–Trinajstić information content (AvgIpc) is 2.55. The third-order valence-electron chi connectivity index (χ3n) is 3.87. The minimum atomic E-state index is -0.496. The maximum atomic E-state index is 12.7. The number of nitro groups is 1. The molecule has 3 aromatic rings. The maximum absolute atomic E-state index is 12.7. The van der Waals surface area contributed by atoms with E-state index >= 15 is 0 Å². The Morgan fingerprint density at radius 2 is 1.88 bits per heavy atom. The molecule has 0 spiro atoms. The van der Waals surface area contributed by atoms with E-state index in [0.717, 1.165) is 16.5 Å². The molecule has 0 aliphatic carbocycles. The Labute approximate surface area is 138 Å². The van der Waals surface area contributed by atoms with Crippen LogP contribution in [0.25, 0.3) is 10.9 Å². The molecule has 120 valence electrons. The highest BCUT2D eigenvalue weighted by molar-refractivity contribution is 6.08. The molecule has 0 radical (unpaired) electrons. The molecule has 0 aliphatic rings. The molecule has 0 fully saturated rings. The molecule has 0 atom stereocenters. The predicted molar refractivity (Wildman–Crippen MR) is 92.3 cm³/mol. The number of hydrogen-bond acceptors (Lipinski definition) is 4. The summed E-state index contributed by atoms with van der Waals surface area (Å²) in [5.74, 6) is -0.330. The smallest absolute Gasteiger partial charge is 0.271 e. The van der Waals surface area contributed by atoms with Gasteiger partial charge in [-0.15, -0.1) is 0 Å². The molecule has 3 rings (SSSR count). The number of nitrogens with one attached hydrogen (secondary N) is 1. The van der Waals surface area contributed by atoms with Crippen molar-refractivity contribution >= 4 is 28.2 Å². The van der Waals surface area contributed by atoms with Gasteiger partial charge in [-0.2, -0.15) is 0 Å². The largest absolute Gasteiger partial charge is 0.322 e. The minimum Gasteiger partial charge on any atom is -0.322 e. The van der Waals surface area contributed by atoms with Gasteiger partial charge in [0, 0.05) is 23.2 Å². The molecule has 0 bridgehead atoms. The van der Waals surface area contributed by atoms with Gasteiger partial charge in [-0.05, 0) is 31.5 Å². The monoisotopic (exact) mass is 321 g/mol. The number of pyridine rings is 1. The summed E-state index contributed by atoms with van der Waals surface area (Å²) >= 11 is 0. The van der Waals surface area contributed by atoms with Crippen molar-refractivity contribution in [2.45, 2.75) is 13.8 Å². The number of benzene rings is 2. The first-order valence-electron chi connectivity index (χ1n) is 7.39. The zero-order valence-corrected chi connectivity index (χ0v) is 13.2. The van der Waals surface area contributed by atoms with Gasteiger partial charge in [0.15, 0.2) is 0 Å². The van der Waals surface area contributed by atoms with E-state index in [1.165, 1.54) is 18.2 Å². The van der Waals surface area contributed by atoms with Crippen LogP contribution in [0.15, 0.2) is 48.5 Å². The van der Waals surface area contributed by atoms with Crippen LogP contribution >= 0.6 is 0 Å². The normalized spacial score (nSPS) is 10.6. The van der Waals surface area contributed by atoms with E-state index < -0.39 is 4.92 Å². The number of carbonyl (C=O) groups excluding carboxylic acids is 1. The number of anilines is 1. The molecular formula is C18H15N3O3. The zero-order valence-electron chi connectivity index (χ0n) is 13.2. The average molecular weight is 321 g/mol. The fourth-order valence-electron chi connectivity index (χ4n) is 2.76. The molecule has 1 N–H and O–H groups in total. The maximum Gasteiger partial charge on any atom is 0.271 e. The Morgan fingerprint density at radius 1 is 1.12 bits per heavy atom. The van der Waals surface area contributed by atoms with Crippen molar-refractivity contribution in [1.82, 2.24) is 4.98 Å². The van der Waals surface area contributed by atoms with E-state index in [1.54, 1.807) is 13.0 Å². The molecule has 1 amide bonds. The number of para-hydroxylation sites is 1. The fraction of sp³-hybridized carbons (Fsp3) is 0.111. The third kappa shape index (κ3) is 2.81. The van der Waals surface area contributed by atoms with Crippen molar-refractivity contribution in [3.63, 3.8) is 0 Å². The number of rotatable bonds is 3. The summed E-state index contributed by atoms with van der Waals surface area (Å²) in [6.45, 7) is 3.65. The highest BCUT2D eigenvalue weighted by atomic mass is 16.6. The van der Waals surface area contributed by atoms with Gasteiger partial charge in [-0.25, -0.2) is 0 Å². The van der Waals surface area contributed by atoms with Gasteiger partial charge in [0.1, 0.15) is 0 Å². The molecule has 0 unspecified atom stereocenters. The molecule has 2 aromatic carbocycles. The van der Waals surface area contributed by atoms with E-state index in [2.05, 4.69) is 10.3 Å². The Kier molecular flexibility index (Phi) is 3.95. The number of aryl methyl sites for hydroxylation is 2. The Bertz CT molecular complexity index is 967. The lowest BCUT2D eigenvalue weighted by molar-refractivity contribution is -0.384. The topological polar surface area (TPSA) is 85.1 Å². The molecule has 1 heterocycles. The van der Waals surface area contributed by atoms with Crippen LogP contribution in [0.2, 0.25) is 0 Å². The van der Waals surface area contributed by atoms with Crippen LogP contribution in [0.4, 0.5) is 11.4 Å². The number of amides is 1. The lowest BCUT2D eigenvalue weighted by Crippen LogP contribution is -2.16. The number of hydrogen-bond donors (Lipinski definition) is 1. The standard InChI is InChI=1S/C18H15N3O3/c1-11-15-8-3-4-9-16(15)19-12(2)17(11)18(22)20-13-6-5-7-14(10-13)21(23)24/h3-10H,1-2H3,(H,20,22). The number of aromatic nitrogens is 1. The molecule has 6 nitrogen and oxygen atoms in total.